The topological polar surface area (TPSA) is 47.0 Å². The molecule has 0 amide bonds. The SMILES string of the molecule is C1CC(Nc2nnc(C3CC3)s2)CC2(CCSC2)O1. The maximum Gasteiger partial charge on any atom is 0.205 e. The molecule has 3 aliphatic rings. The average Bonchev–Trinajstić information content (AvgIpc) is 3.01. The van der Waals surface area contributed by atoms with Crippen molar-refractivity contribution in [3.05, 3.63) is 5.01 Å². The molecule has 2 saturated heterocycles. The van der Waals surface area contributed by atoms with E-state index in [9.17, 15) is 0 Å². The number of aromatic nitrogens is 2. The third kappa shape index (κ3) is 2.62. The highest BCUT2D eigenvalue weighted by molar-refractivity contribution is 7.99. The molecule has 1 N–H and O–H groups in total. The number of ether oxygens (including phenoxy) is 1. The lowest BCUT2D eigenvalue weighted by molar-refractivity contribution is -0.0628. The van der Waals surface area contributed by atoms with Crippen LogP contribution in [0.4, 0.5) is 5.13 Å². The van der Waals surface area contributed by atoms with E-state index < -0.39 is 0 Å². The molecule has 2 aliphatic heterocycles. The molecule has 0 radical (unpaired) electrons. The Hall–Kier alpha value is -0.330. The molecule has 4 nitrogen and oxygen atoms in total. The molecule has 0 bridgehead atoms. The first-order valence-corrected chi connectivity index (χ1v) is 9.12. The fraction of sp³-hybridized carbons (Fsp3) is 0.846. The molecule has 1 aromatic rings. The third-order valence-electron chi connectivity index (χ3n) is 4.25. The van der Waals surface area contributed by atoms with Gasteiger partial charge in [-0.05, 0) is 37.9 Å². The minimum atomic E-state index is 0.143. The van der Waals surface area contributed by atoms with Gasteiger partial charge in [0.25, 0.3) is 0 Å². The van der Waals surface area contributed by atoms with Crippen molar-refractivity contribution in [2.75, 3.05) is 23.4 Å². The Bertz CT molecular complexity index is 454. The van der Waals surface area contributed by atoms with Gasteiger partial charge in [0.1, 0.15) is 5.01 Å². The van der Waals surface area contributed by atoms with E-state index in [4.69, 9.17) is 4.74 Å². The highest BCUT2D eigenvalue weighted by atomic mass is 32.2. The van der Waals surface area contributed by atoms with Crippen LogP contribution in [0.25, 0.3) is 0 Å². The number of thioether (sulfide) groups is 1. The van der Waals surface area contributed by atoms with E-state index in [0.717, 1.165) is 30.3 Å². The number of nitrogens with one attached hydrogen (secondary N) is 1. The Morgan fingerprint density at radius 3 is 3.00 bits per heavy atom. The molecule has 3 fully saturated rings. The molecule has 1 spiro atoms. The Kier molecular flexibility index (Phi) is 3.20. The van der Waals surface area contributed by atoms with Gasteiger partial charge < -0.3 is 10.1 Å². The van der Waals surface area contributed by atoms with Crippen LogP contribution in [0.5, 0.6) is 0 Å². The Labute approximate surface area is 121 Å². The summed E-state index contributed by atoms with van der Waals surface area (Å²) >= 11 is 3.77. The van der Waals surface area contributed by atoms with Gasteiger partial charge in [0, 0.05) is 24.3 Å². The molecule has 0 aromatic carbocycles. The van der Waals surface area contributed by atoms with Crippen LogP contribution < -0.4 is 5.32 Å². The van der Waals surface area contributed by atoms with Crippen LogP contribution in [0.2, 0.25) is 0 Å². The Morgan fingerprint density at radius 1 is 1.26 bits per heavy atom. The summed E-state index contributed by atoms with van der Waals surface area (Å²) in [7, 11) is 0. The summed E-state index contributed by atoms with van der Waals surface area (Å²) in [5.41, 5.74) is 0.143. The molecule has 6 heteroatoms. The summed E-state index contributed by atoms with van der Waals surface area (Å²) in [5, 5.41) is 14.4. The molecule has 4 rings (SSSR count). The van der Waals surface area contributed by atoms with Crippen LogP contribution in [0.1, 0.15) is 43.0 Å². The van der Waals surface area contributed by atoms with Crippen molar-refractivity contribution in [2.45, 2.75) is 49.7 Å². The van der Waals surface area contributed by atoms with Crippen LogP contribution >= 0.6 is 23.1 Å². The first-order valence-electron chi connectivity index (χ1n) is 7.15. The summed E-state index contributed by atoms with van der Waals surface area (Å²) in [5.74, 6) is 3.12. The lowest BCUT2D eigenvalue weighted by Gasteiger charge is -2.37. The van der Waals surface area contributed by atoms with Crippen molar-refractivity contribution in [2.24, 2.45) is 0 Å². The first kappa shape index (κ1) is 12.4. The van der Waals surface area contributed by atoms with Crippen molar-refractivity contribution in [1.82, 2.24) is 10.2 Å². The summed E-state index contributed by atoms with van der Waals surface area (Å²) in [6.45, 7) is 0.881. The van der Waals surface area contributed by atoms with Crippen LogP contribution in [0.3, 0.4) is 0 Å². The Morgan fingerprint density at radius 2 is 2.21 bits per heavy atom. The molecular formula is C13H19N3OS2. The lowest BCUT2D eigenvalue weighted by atomic mass is 9.90. The standard InChI is InChI=1S/C13H19N3OS2/c1-2-9(1)11-15-16-12(19-11)14-10-3-5-17-13(7-10)4-6-18-8-13/h9-10H,1-8H2,(H,14,16). The van der Waals surface area contributed by atoms with Gasteiger partial charge in [0.15, 0.2) is 0 Å². The Balaban J connectivity index is 1.40. The normalized spacial score (nSPS) is 34.8. The van der Waals surface area contributed by atoms with Crippen molar-refractivity contribution < 1.29 is 4.74 Å². The molecule has 1 aliphatic carbocycles. The molecule has 3 heterocycles. The highest BCUT2D eigenvalue weighted by Gasteiger charge is 2.40. The second-order valence-electron chi connectivity index (χ2n) is 5.89. The van der Waals surface area contributed by atoms with E-state index in [1.807, 2.05) is 11.8 Å². The summed E-state index contributed by atoms with van der Waals surface area (Å²) in [4.78, 5) is 0. The predicted octanol–water partition coefficient (Wildman–Crippen LogP) is 2.88. The molecule has 1 saturated carbocycles. The zero-order chi connectivity index (χ0) is 12.7. The summed E-state index contributed by atoms with van der Waals surface area (Å²) in [6, 6.07) is 0.507. The molecule has 1 aromatic heterocycles. The predicted molar refractivity (Wildman–Crippen MR) is 79.2 cm³/mol. The molecule has 2 unspecified atom stereocenters. The zero-order valence-electron chi connectivity index (χ0n) is 10.9. The van der Waals surface area contributed by atoms with E-state index in [0.29, 0.717) is 12.0 Å². The largest absolute Gasteiger partial charge is 0.374 e. The number of anilines is 1. The fourth-order valence-electron chi connectivity index (χ4n) is 2.98. The van der Waals surface area contributed by atoms with Crippen LogP contribution in [0, 0.1) is 0 Å². The number of rotatable bonds is 3. The number of hydrogen-bond acceptors (Lipinski definition) is 6. The van der Waals surface area contributed by atoms with Gasteiger partial charge in [-0.1, -0.05) is 11.3 Å². The van der Waals surface area contributed by atoms with Gasteiger partial charge in [-0.3, -0.25) is 0 Å². The van der Waals surface area contributed by atoms with Crippen molar-refractivity contribution >= 4 is 28.2 Å². The lowest BCUT2D eigenvalue weighted by Crippen LogP contribution is -2.44. The number of nitrogens with zero attached hydrogens (tertiary/aromatic N) is 2. The maximum absolute atomic E-state index is 6.05. The first-order chi connectivity index (χ1) is 9.33. The average molecular weight is 297 g/mol. The van der Waals surface area contributed by atoms with Crippen LogP contribution in [0.15, 0.2) is 0 Å². The van der Waals surface area contributed by atoms with Crippen molar-refractivity contribution in [1.29, 1.82) is 0 Å². The minimum absolute atomic E-state index is 0.143. The van der Waals surface area contributed by atoms with Crippen molar-refractivity contribution in [3.63, 3.8) is 0 Å². The van der Waals surface area contributed by atoms with E-state index in [1.54, 1.807) is 11.3 Å². The van der Waals surface area contributed by atoms with Crippen molar-refractivity contribution in [3.8, 4) is 0 Å². The van der Waals surface area contributed by atoms with Gasteiger partial charge in [0.2, 0.25) is 5.13 Å². The minimum Gasteiger partial charge on any atom is -0.374 e. The molecular weight excluding hydrogens is 278 g/mol. The molecule has 2 atom stereocenters. The maximum atomic E-state index is 6.05. The van der Waals surface area contributed by atoms with Crippen LogP contribution in [-0.4, -0.2) is 40.0 Å². The highest BCUT2D eigenvalue weighted by Crippen LogP contribution is 2.43. The van der Waals surface area contributed by atoms with Gasteiger partial charge in [-0.25, -0.2) is 0 Å². The van der Waals surface area contributed by atoms with E-state index in [2.05, 4.69) is 15.5 Å². The second kappa shape index (κ2) is 4.90. The van der Waals surface area contributed by atoms with E-state index >= 15 is 0 Å². The smallest absolute Gasteiger partial charge is 0.205 e. The van der Waals surface area contributed by atoms with Crippen LogP contribution in [-0.2, 0) is 4.74 Å². The molecule has 19 heavy (non-hydrogen) atoms. The second-order valence-corrected chi connectivity index (χ2v) is 8.00. The summed E-state index contributed by atoms with van der Waals surface area (Å²) in [6.07, 6.45) is 6.01. The van der Waals surface area contributed by atoms with E-state index in [-0.39, 0.29) is 5.60 Å². The van der Waals surface area contributed by atoms with Gasteiger partial charge in [0.05, 0.1) is 5.60 Å². The monoisotopic (exact) mass is 297 g/mol. The zero-order valence-corrected chi connectivity index (χ0v) is 12.6. The van der Waals surface area contributed by atoms with E-state index in [1.165, 1.54) is 30.0 Å². The van der Waals surface area contributed by atoms with Gasteiger partial charge in [-0.2, -0.15) is 11.8 Å². The quantitative estimate of drug-likeness (QED) is 0.929. The van der Waals surface area contributed by atoms with Gasteiger partial charge in [-0.15, -0.1) is 10.2 Å². The number of hydrogen-bond donors (Lipinski definition) is 1. The third-order valence-corrected chi connectivity index (χ3v) is 6.49. The van der Waals surface area contributed by atoms with Gasteiger partial charge >= 0.3 is 0 Å². The summed E-state index contributed by atoms with van der Waals surface area (Å²) < 4.78 is 6.05. The fourth-order valence-corrected chi connectivity index (χ4v) is 5.34. The molecule has 104 valence electrons.